The lowest BCUT2D eigenvalue weighted by Crippen LogP contribution is -2.40. The van der Waals surface area contributed by atoms with Crippen LogP contribution < -0.4 is 20.1 Å². The molecule has 0 bridgehead atoms. The summed E-state index contributed by atoms with van der Waals surface area (Å²) in [6.07, 6.45) is 5.60. The van der Waals surface area contributed by atoms with Crippen LogP contribution in [0.25, 0.3) is 10.9 Å². The van der Waals surface area contributed by atoms with E-state index in [0.717, 1.165) is 5.69 Å². The number of nitrogens with zero attached hydrogens (tertiary/aromatic N) is 4. The summed E-state index contributed by atoms with van der Waals surface area (Å²) in [6, 6.07) is 14.5. The van der Waals surface area contributed by atoms with Crippen LogP contribution in [0.1, 0.15) is 18.5 Å². The first-order valence-corrected chi connectivity index (χ1v) is 13.5. The van der Waals surface area contributed by atoms with Gasteiger partial charge in [-0.15, -0.1) is 0 Å². The number of ether oxygens (including phenoxy) is 2. The molecule has 41 heavy (non-hydrogen) atoms. The number of pyridine rings is 1. The first-order valence-electron chi connectivity index (χ1n) is 13.1. The van der Waals surface area contributed by atoms with Gasteiger partial charge in [0.2, 0.25) is 11.8 Å². The topological polar surface area (TPSA) is 119 Å². The molecule has 210 valence electrons. The molecule has 0 atom stereocenters. The highest BCUT2D eigenvalue weighted by Crippen LogP contribution is 2.35. The first-order chi connectivity index (χ1) is 19.9. The molecule has 11 heteroatoms. The summed E-state index contributed by atoms with van der Waals surface area (Å²) in [5.74, 6) is 1.06. The molecule has 0 aliphatic carbocycles. The highest BCUT2D eigenvalue weighted by atomic mass is 35.5. The van der Waals surface area contributed by atoms with E-state index in [1.54, 1.807) is 35.4 Å². The maximum atomic E-state index is 13.1. The van der Waals surface area contributed by atoms with Crippen LogP contribution in [0.5, 0.6) is 11.5 Å². The molecule has 2 amide bonds. The van der Waals surface area contributed by atoms with Crippen molar-refractivity contribution in [2.45, 2.75) is 19.4 Å². The minimum Gasteiger partial charge on any atom is -0.494 e. The number of fused-ring (bicyclic) bond motifs is 1. The number of piperidine rings is 1. The van der Waals surface area contributed by atoms with Gasteiger partial charge in [0.05, 0.1) is 29.0 Å². The van der Waals surface area contributed by atoms with Crippen LogP contribution in [0.4, 0.5) is 17.2 Å². The molecule has 0 spiro atoms. The highest BCUT2D eigenvalue weighted by Gasteiger charge is 2.27. The molecule has 2 aromatic heterocycles. The van der Waals surface area contributed by atoms with Gasteiger partial charge in [-0.2, -0.15) is 0 Å². The number of anilines is 3. The predicted molar refractivity (Wildman–Crippen MR) is 158 cm³/mol. The monoisotopic (exact) mass is 572 g/mol. The van der Waals surface area contributed by atoms with Gasteiger partial charge in [-0.05, 0) is 55.3 Å². The zero-order chi connectivity index (χ0) is 28.8. The van der Waals surface area contributed by atoms with Gasteiger partial charge in [0.25, 0.3) is 0 Å². The van der Waals surface area contributed by atoms with Crippen molar-refractivity contribution in [3.05, 3.63) is 84.4 Å². The molecule has 4 aromatic rings. The fourth-order valence-corrected chi connectivity index (χ4v) is 4.88. The summed E-state index contributed by atoms with van der Waals surface area (Å²) in [4.78, 5) is 39.8. The van der Waals surface area contributed by atoms with E-state index >= 15 is 0 Å². The average Bonchev–Trinajstić information content (AvgIpc) is 3.00. The van der Waals surface area contributed by atoms with Gasteiger partial charge in [0, 0.05) is 42.3 Å². The highest BCUT2D eigenvalue weighted by molar-refractivity contribution is 6.32. The second kappa shape index (κ2) is 12.6. The number of methoxy groups -OCH3 is 1. The third kappa shape index (κ3) is 6.55. The van der Waals surface area contributed by atoms with Crippen LogP contribution >= 0.6 is 11.6 Å². The molecule has 0 radical (unpaired) electrons. The maximum absolute atomic E-state index is 13.1. The van der Waals surface area contributed by atoms with Crippen molar-refractivity contribution in [1.29, 1.82) is 0 Å². The number of aromatic nitrogens is 3. The Kier molecular flexibility index (Phi) is 8.59. The molecular formula is C30H29ClN6O4. The van der Waals surface area contributed by atoms with E-state index in [1.807, 2.05) is 24.3 Å². The van der Waals surface area contributed by atoms with Gasteiger partial charge in [-0.25, -0.2) is 9.97 Å². The van der Waals surface area contributed by atoms with Gasteiger partial charge in [0.1, 0.15) is 30.3 Å². The summed E-state index contributed by atoms with van der Waals surface area (Å²) >= 11 is 6.50. The molecule has 1 aliphatic rings. The van der Waals surface area contributed by atoms with E-state index in [9.17, 15) is 9.59 Å². The van der Waals surface area contributed by atoms with Crippen molar-refractivity contribution in [2.24, 2.45) is 5.92 Å². The lowest BCUT2D eigenvalue weighted by atomic mass is 9.95. The first kappa shape index (κ1) is 27.9. The zero-order valence-electron chi connectivity index (χ0n) is 22.5. The van der Waals surface area contributed by atoms with Crippen molar-refractivity contribution < 1.29 is 19.1 Å². The molecule has 0 unspecified atom stereocenters. The van der Waals surface area contributed by atoms with Gasteiger partial charge in [0.15, 0.2) is 0 Å². The summed E-state index contributed by atoms with van der Waals surface area (Å²) in [5, 5.41) is 7.40. The molecule has 10 nitrogen and oxygen atoms in total. The third-order valence-corrected chi connectivity index (χ3v) is 7.16. The minimum absolute atomic E-state index is 0.118. The number of benzene rings is 2. The van der Waals surface area contributed by atoms with Crippen LogP contribution in [-0.4, -0.2) is 51.9 Å². The number of amides is 2. The van der Waals surface area contributed by atoms with Crippen LogP contribution in [0.3, 0.4) is 0 Å². The molecule has 1 fully saturated rings. The van der Waals surface area contributed by atoms with Crippen molar-refractivity contribution >= 4 is 51.5 Å². The number of likely N-dealkylation sites (tertiary alicyclic amines) is 1. The smallest absolute Gasteiger partial charge is 0.245 e. The number of halogens is 1. The molecule has 5 rings (SSSR count). The summed E-state index contributed by atoms with van der Waals surface area (Å²) in [5.41, 5.74) is 2.63. The number of rotatable bonds is 9. The maximum Gasteiger partial charge on any atom is 0.245 e. The standard InChI is InChI=1S/C30H29ClN6O4/c1-3-28(38)37-12-9-19(10-13-37)30(39)36-25-15-22-24(16-27(25)40-2)33-18-34-29(22)35-20-7-8-26(23(31)14-20)41-17-21-6-4-5-11-32-21/h3-8,11,14-16,18-19H,1,9-10,12-13,17H2,2H3,(H,36,39)(H,33,34,35). The van der Waals surface area contributed by atoms with E-state index in [1.165, 1.54) is 19.5 Å². The van der Waals surface area contributed by atoms with Crippen molar-refractivity contribution in [3.8, 4) is 11.5 Å². The number of carbonyl (C=O) groups is 2. The van der Waals surface area contributed by atoms with Crippen molar-refractivity contribution in [1.82, 2.24) is 19.9 Å². The van der Waals surface area contributed by atoms with Crippen LogP contribution in [0.2, 0.25) is 5.02 Å². The third-order valence-electron chi connectivity index (χ3n) is 6.86. The van der Waals surface area contributed by atoms with E-state index in [0.29, 0.717) is 77.2 Å². The number of carbonyl (C=O) groups excluding carboxylic acids is 2. The Labute approximate surface area is 242 Å². The largest absolute Gasteiger partial charge is 0.494 e. The van der Waals surface area contributed by atoms with E-state index in [2.05, 4.69) is 32.2 Å². The van der Waals surface area contributed by atoms with Gasteiger partial charge in [-0.3, -0.25) is 14.6 Å². The molecule has 0 saturated carbocycles. The second-order valence-electron chi connectivity index (χ2n) is 9.46. The quantitative estimate of drug-likeness (QED) is 0.257. The van der Waals surface area contributed by atoms with Crippen molar-refractivity contribution in [3.63, 3.8) is 0 Å². The average molecular weight is 573 g/mol. The van der Waals surface area contributed by atoms with Crippen LogP contribution in [0, 0.1) is 5.92 Å². The van der Waals surface area contributed by atoms with Crippen LogP contribution in [-0.2, 0) is 16.2 Å². The molecule has 2 N–H and O–H groups in total. The summed E-state index contributed by atoms with van der Waals surface area (Å²) in [6.45, 7) is 4.85. The fraction of sp³-hybridized carbons (Fsp3) is 0.233. The Hall–Kier alpha value is -4.70. The zero-order valence-corrected chi connectivity index (χ0v) is 23.2. The lowest BCUT2D eigenvalue weighted by molar-refractivity contribution is -0.130. The van der Waals surface area contributed by atoms with E-state index in [-0.39, 0.29) is 17.7 Å². The molecule has 1 saturated heterocycles. The Morgan fingerprint density at radius 2 is 1.93 bits per heavy atom. The number of nitrogens with one attached hydrogen (secondary N) is 2. The Bertz CT molecular complexity index is 1570. The van der Waals surface area contributed by atoms with E-state index < -0.39 is 0 Å². The SMILES string of the molecule is C=CC(=O)N1CCC(C(=O)Nc2cc3c(Nc4ccc(OCc5ccccn5)c(Cl)c4)ncnc3cc2OC)CC1. The normalized spacial score (nSPS) is 13.5. The predicted octanol–water partition coefficient (Wildman–Crippen LogP) is 5.37. The minimum atomic E-state index is -0.227. The van der Waals surface area contributed by atoms with E-state index in [4.69, 9.17) is 21.1 Å². The van der Waals surface area contributed by atoms with Gasteiger partial charge >= 0.3 is 0 Å². The Balaban J connectivity index is 1.32. The van der Waals surface area contributed by atoms with Gasteiger partial charge in [-0.1, -0.05) is 24.2 Å². The second-order valence-corrected chi connectivity index (χ2v) is 9.87. The fourth-order valence-electron chi connectivity index (χ4n) is 4.64. The molecule has 2 aromatic carbocycles. The number of hydrogen-bond donors (Lipinski definition) is 2. The molecular weight excluding hydrogens is 544 g/mol. The molecule has 3 heterocycles. The Morgan fingerprint density at radius 3 is 2.63 bits per heavy atom. The van der Waals surface area contributed by atoms with Crippen LogP contribution in [0.15, 0.2) is 73.7 Å². The summed E-state index contributed by atoms with van der Waals surface area (Å²) in [7, 11) is 1.54. The Morgan fingerprint density at radius 1 is 1.10 bits per heavy atom. The van der Waals surface area contributed by atoms with Crippen molar-refractivity contribution in [2.75, 3.05) is 30.8 Å². The summed E-state index contributed by atoms with van der Waals surface area (Å²) < 4.78 is 11.4. The number of hydrogen-bond acceptors (Lipinski definition) is 8. The van der Waals surface area contributed by atoms with Gasteiger partial charge < -0.3 is 25.0 Å². The lowest BCUT2D eigenvalue weighted by Gasteiger charge is -2.30. The molecule has 1 aliphatic heterocycles.